The molecule has 1 heterocycles. The molecule has 96 valence electrons. The smallest absolute Gasteiger partial charge is 0.258 e. The van der Waals surface area contributed by atoms with Crippen LogP contribution in [0.1, 0.15) is 15.9 Å². The third kappa shape index (κ3) is 3.24. The summed E-state index contributed by atoms with van der Waals surface area (Å²) in [5, 5.41) is 3.15. The van der Waals surface area contributed by atoms with Gasteiger partial charge in [-0.05, 0) is 18.2 Å². The van der Waals surface area contributed by atoms with E-state index in [9.17, 15) is 4.79 Å². The van der Waals surface area contributed by atoms with Crippen molar-refractivity contribution in [3.05, 3.63) is 53.1 Å². The molecule has 0 aliphatic carbocycles. The van der Waals surface area contributed by atoms with Crippen molar-refractivity contribution in [2.75, 3.05) is 5.32 Å². The van der Waals surface area contributed by atoms with Crippen molar-refractivity contribution in [3.8, 4) is 0 Å². The lowest BCUT2D eigenvalue weighted by Crippen LogP contribution is -2.17. The highest BCUT2D eigenvalue weighted by molar-refractivity contribution is 7.80. The summed E-state index contributed by atoms with van der Waals surface area (Å²) in [4.78, 5) is 19.7. The van der Waals surface area contributed by atoms with Crippen molar-refractivity contribution in [2.24, 2.45) is 5.73 Å². The number of benzene rings is 1. The number of thiocarbonyl (C=S) groups is 1. The predicted octanol–water partition coefficient (Wildman–Crippen LogP) is 2.02. The molecule has 0 radical (unpaired) electrons. The Bertz CT molecular complexity index is 633. The van der Waals surface area contributed by atoms with Crippen molar-refractivity contribution in [3.63, 3.8) is 0 Å². The van der Waals surface area contributed by atoms with Crippen LogP contribution < -0.4 is 11.1 Å². The molecule has 0 saturated heterocycles. The van der Waals surface area contributed by atoms with Gasteiger partial charge in [-0.1, -0.05) is 23.8 Å². The van der Waals surface area contributed by atoms with Crippen LogP contribution in [0, 0.1) is 0 Å². The minimum Gasteiger partial charge on any atom is -0.389 e. The highest BCUT2D eigenvalue weighted by atomic mass is 35.5. The molecule has 1 aromatic carbocycles. The molecule has 0 fully saturated rings. The SMILES string of the molecule is NC(=S)c1ccc(Cl)cc1NC(=O)c1cncnc1. The second kappa shape index (κ2) is 5.73. The normalized spacial score (nSPS) is 9.95. The molecule has 0 spiro atoms. The first-order valence-corrected chi connectivity index (χ1v) is 6.02. The van der Waals surface area contributed by atoms with Gasteiger partial charge in [-0.2, -0.15) is 0 Å². The summed E-state index contributed by atoms with van der Waals surface area (Å²) in [6.07, 6.45) is 4.16. The maximum Gasteiger partial charge on any atom is 0.258 e. The summed E-state index contributed by atoms with van der Waals surface area (Å²) in [7, 11) is 0. The van der Waals surface area contributed by atoms with E-state index in [1.54, 1.807) is 18.2 Å². The molecule has 1 amide bonds. The van der Waals surface area contributed by atoms with Gasteiger partial charge in [0.25, 0.3) is 5.91 Å². The summed E-state index contributed by atoms with van der Waals surface area (Å²) < 4.78 is 0. The first kappa shape index (κ1) is 13.4. The van der Waals surface area contributed by atoms with Crippen LogP contribution in [0.25, 0.3) is 0 Å². The minimum atomic E-state index is -0.361. The van der Waals surface area contributed by atoms with Gasteiger partial charge in [0.2, 0.25) is 0 Å². The third-order valence-electron chi connectivity index (χ3n) is 2.32. The number of nitrogens with zero attached hydrogens (tertiary/aromatic N) is 2. The van der Waals surface area contributed by atoms with Crippen molar-refractivity contribution < 1.29 is 4.79 Å². The Morgan fingerprint density at radius 3 is 2.63 bits per heavy atom. The van der Waals surface area contributed by atoms with Crippen LogP contribution in [0.15, 0.2) is 36.9 Å². The quantitative estimate of drug-likeness (QED) is 0.846. The van der Waals surface area contributed by atoms with Crippen LogP contribution in [-0.2, 0) is 0 Å². The number of aromatic nitrogens is 2. The zero-order valence-electron chi connectivity index (χ0n) is 9.63. The molecule has 0 aliphatic rings. The molecule has 2 aromatic rings. The van der Waals surface area contributed by atoms with Gasteiger partial charge in [-0.25, -0.2) is 9.97 Å². The number of rotatable bonds is 3. The molecule has 0 saturated carbocycles. The van der Waals surface area contributed by atoms with Crippen LogP contribution >= 0.6 is 23.8 Å². The zero-order valence-corrected chi connectivity index (χ0v) is 11.2. The molecular weight excluding hydrogens is 284 g/mol. The largest absolute Gasteiger partial charge is 0.389 e. The molecule has 5 nitrogen and oxygen atoms in total. The topological polar surface area (TPSA) is 80.9 Å². The Morgan fingerprint density at radius 2 is 2.00 bits per heavy atom. The highest BCUT2D eigenvalue weighted by Gasteiger charge is 2.11. The number of nitrogens with one attached hydrogen (secondary N) is 1. The molecule has 19 heavy (non-hydrogen) atoms. The second-order valence-corrected chi connectivity index (χ2v) is 4.51. The van der Waals surface area contributed by atoms with E-state index in [1.165, 1.54) is 18.7 Å². The minimum absolute atomic E-state index is 0.177. The number of hydrogen-bond acceptors (Lipinski definition) is 4. The lowest BCUT2D eigenvalue weighted by atomic mass is 10.1. The summed E-state index contributed by atoms with van der Waals surface area (Å²) in [5.41, 5.74) is 6.92. The monoisotopic (exact) mass is 292 g/mol. The van der Waals surface area contributed by atoms with Crippen LogP contribution in [0.2, 0.25) is 5.02 Å². The molecule has 2 rings (SSSR count). The Hall–Kier alpha value is -2.05. The molecule has 7 heteroatoms. The van der Waals surface area contributed by atoms with Crippen molar-refractivity contribution in [2.45, 2.75) is 0 Å². The van der Waals surface area contributed by atoms with Gasteiger partial charge in [0.1, 0.15) is 11.3 Å². The van der Waals surface area contributed by atoms with Crippen molar-refractivity contribution in [1.82, 2.24) is 9.97 Å². The van der Waals surface area contributed by atoms with Gasteiger partial charge < -0.3 is 11.1 Å². The van der Waals surface area contributed by atoms with E-state index in [1.807, 2.05) is 0 Å². The van der Waals surface area contributed by atoms with Crippen molar-refractivity contribution in [1.29, 1.82) is 0 Å². The van der Waals surface area contributed by atoms with E-state index < -0.39 is 0 Å². The van der Waals surface area contributed by atoms with Gasteiger partial charge in [0, 0.05) is 23.0 Å². The average Bonchev–Trinajstić information content (AvgIpc) is 2.39. The van der Waals surface area contributed by atoms with Crippen molar-refractivity contribution >= 4 is 40.4 Å². The van der Waals surface area contributed by atoms with Crippen LogP contribution in [0.5, 0.6) is 0 Å². The number of nitrogens with two attached hydrogens (primary N) is 1. The van der Waals surface area contributed by atoms with E-state index in [0.717, 1.165) is 0 Å². The molecule has 0 bridgehead atoms. The van der Waals surface area contributed by atoms with Gasteiger partial charge in [0.05, 0.1) is 11.3 Å². The number of carbonyl (C=O) groups is 1. The Labute approximate surface area is 119 Å². The Kier molecular flexibility index (Phi) is 4.03. The first-order chi connectivity index (χ1) is 9.08. The molecule has 0 atom stereocenters. The van der Waals surface area contributed by atoms with E-state index in [2.05, 4.69) is 15.3 Å². The molecular formula is C12H9ClN4OS. The van der Waals surface area contributed by atoms with E-state index in [-0.39, 0.29) is 10.9 Å². The Balaban J connectivity index is 2.31. The van der Waals surface area contributed by atoms with Crippen LogP contribution in [-0.4, -0.2) is 20.9 Å². The zero-order chi connectivity index (χ0) is 13.8. The van der Waals surface area contributed by atoms with E-state index >= 15 is 0 Å². The molecule has 1 aromatic heterocycles. The first-order valence-electron chi connectivity index (χ1n) is 5.23. The number of amides is 1. The lowest BCUT2D eigenvalue weighted by molar-refractivity contribution is 0.102. The number of carbonyl (C=O) groups excluding carboxylic acids is 1. The summed E-state index contributed by atoms with van der Waals surface area (Å²) in [5.74, 6) is -0.361. The number of halogens is 1. The fourth-order valence-electron chi connectivity index (χ4n) is 1.45. The number of hydrogen-bond donors (Lipinski definition) is 2. The van der Waals surface area contributed by atoms with Gasteiger partial charge in [0.15, 0.2) is 0 Å². The highest BCUT2D eigenvalue weighted by Crippen LogP contribution is 2.21. The maximum atomic E-state index is 12.0. The fraction of sp³-hybridized carbons (Fsp3) is 0. The Morgan fingerprint density at radius 1 is 1.32 bits per heavy atom. The third-order valence-corrected chi connectivity index (χ3v) is 2.77. The molecule has 0 aliphatic heterocycles. The second-order valence-electron chi connectivity index (χ2n) is 3.64. The maximum absolute atomic E-state index is 12.0. The van der Waals surface area contributed by atoms with Gasteiger partial charge in [-0.15, -0.1) is 0 Å². The van der Waals surface area contributed by atoms with E-state index in [4.69, 9.17) is 29.6 Å². The summed E-state index contributed by atoms with van der Waals surface area (Å²) in [6, 6.07) is 4.89. The standard InChI is InChI=1S/C12H9ClN4OS/c13-8-1-2-9(11(14)19)10(3-8)17-12(18)7-4-15-6-16-5-7/h1-6H,(H2,14,19)(H,17,18). The summed E-state index contributed by atoms with van der Waals surface area (Å²) >= 11 is 10.8. The molecule has 0 unspecified atom stereocenters. The predicted molar refractivity (Wildman–Crippen MR) is 77.3 cm³/mol. The van der Waals surface area contributed by atoms with Gasteiger partial charge in [-0.3, -0.25) is 4.79 Å². The average molecular weight is 293 g/mol. The van der Waals surface area contributed by atoms with Crippen LogP contribution in [0.3, 0.4) is 0 Å². The number of anilines is 1. The van der Waals surface area contributed by atoms with Gasteiger partial charge >= 0.3 is 0 Å². The fourth-order valence-corrected chi connectivity index (χ4v) is 1.80. The summed E-state index contributed by atoms with van der Waals surface area (Å²) in [6.45, 7) is 0. The lowest BCUT2D eigenvalue weighted by Gasteiger charge is -2.10. The molecule has 3 N–H and O–H groups in total. The van der Waals surface area contributed by atoms with E-state index in [0.29, 0.717) is 21.8 Å². The van der Waals surface area contributed by atoms with Crippen LogP contribution in [0.4, 0.5) is 5.69 Å².